The zero-order chi connectivity index (χ0) is 27.0. The molecule has 1 aliphatic rings. The molecule has 0 aromatic heterocycles. The molecule has 7 N–H and O–H groups in total. The summed E-state index contributed by atoms with van der Waals surface area (Å²) >= 11 is 1.46. The second-order valence-corrected chi connectivity index (χ2v) is 8.71. The van der Waals surface area contributed by atoms with Crippen LogP contribution in [0.3, 0.4) is 0 Å². The summed E-state index contributed by atoms with van der Waals surface area (Å²) in [5.41, 5.74) is 10.2. The van der Waals surface area contributed by atoms with Crippen LogP contribution < -0.4 is 27.4 Å². The molecule has 35 heavy (non-hydrogen) atoms. The van der Waals surface area contributed by atoms with Crippen molar-refractivity contribution in [2.24, 2.45) is 11.5 Å². The van der Waals surface area contributed by atoms with E-state index < -0.39 is 23.9 Å². The van der Waals surface area contributed by atoms with Crippen molar-refractivity contribution in [2.45, 2.75) is 64.5 Å². The fourth-order valence-corrected chi connectivity index (χ4v) is 3.59. The molecule has 0 spiro atoms. The lowest BCUT2D eigenvalue weighted by Gasteiger charge is -2.14. The van der Waals surface area contributed by atoms with Gasteiger partial charge in [-0.15, -0.1) is 0 Å². The SMILES string of the molecule is CC(=O)NC(CCCCNC(=O)CCN1C(=O)CCC1=O)C(N)=O.CSCC(NC(C)=O)C(N)=O. The lowest BCUT2D eigenvalue weighted by molar-refractivity contribution is -0.138. The van der Waals surface area contributed by atoms with E-state index in [0.29, 0.717) is 31.6 Å². The molecule has 7 amide bonds. The van der Waals surface area contributed by atoms with Crippen LogP contribution in [-0.4, -0.2) is 83.4 Å². The van der Waals surface area contributed by atoms with E-state index in [4.69, 9.17) is 11.5 Å². The molecule has 2 unspecified atom stereocenters. The van der Waals surface area contributed by atoms with Gasteiger partial charge in [0.2, 0.25) is 41.4 Å². The van der Waals surface area contributed by atoms with E-state index >= 15 is 0 Å². The van der Waals surface area contributed by atoms with Crippen LogP contribution in [0.1, 0.15) is 52.4 Å². The highest BCUT2D eigenvalue weighted by Gasteiger charge is 2.28. The molecule has 14 heteroatoms. The van der Waals surface area contributed by atoms with Crippen molar-refractivity contribution in [1.29, 1.82) is 0 Å². The third kappa shape index (κ3) is 14.7. The normalized spacial score (nSPS) is 14.3. The molecule has 1 rings (SSSR count). The molecule has 0 bridgehead atoms. The van der Waals surface area contributed by atoms with Gasteiger partial charge in [0, 0.05) is 52.0 Å². The minimum Gasteiger partial charge on any atom is -0.368 e. The molecule has 1 fully saturated rings. The maximum atomic E-state index is 11.7. The zero-order valence-electron chi connectivity index (χ0n) is 20.4. The van der Waals surface area contributed by atoms with Crippen LogP contribution >= 0.6 is 11.8 Å². The average molecular weight is 517 g/mol. The molecule has 198 valence electrons. The quantitative estimate of drug-likeness (QED) is 0.130. The largest absolute Gasteiger partial charge is 0.368 e. The lowest BCUT2D eigenvalue weighted by atomic mass is 10.1. The van der Waals surface area contributed by atoms with Gasteiger partial charge in [-0.05, 0) is 25.5 Å². The van der Waals surface area contributed by atoms with E-state index in [1.165, 1.54) is 25.6 Å². The number of unbranched alkanes of at least 4 members (excludes halogenated alkanes) is 1. The summed E-state index contributed by atoms with van der Waals surface area (Å²) in [5, 5.41) is 7.60. The number of nitrogens with two attached hydrogens (primary N) is 2. The first-order chi connectivity index (χ1) is 16.4. The standard InChI is InChI=1S/C15H24N4O5.C6H12N2O2S/c1-10(20)18-11(15(16)24)4-2-3-8-17-12(21)7-9-19-13(22)5-6-14(19)23;1-4(9)8-5(3-11-2)6(7)10/h11H,2-9H2,1H3,(H2,16,24)(H,17,21)(H,18,20);5H,3H2,1-2H3,(H2,7,10)(H,8,9). The van der Waals surface area contributed by atoms with Gasteiger partial charge in [0.1, 0.15) is 12.1 Å². The Morgan fingerprint density at radius 2 is 1.43 bits per heavy atom. The summed E-state index contributed by atoms with van der Waals surface area (Å²) in [5.74, 6) is -1.82. The molecule has 0 saturated carbocycles. The Morgan fingerprint density at radius 1 is 0.914 bits per heavy atom. The van der Waals surface area contributed by atoms with E-state index in [1.54, 1.807) is 0 Å². The Balaban J connectivity index is 0.000000883. The molecule has 0 radical (unpaired) electrons. The van der Waals surface area contributed by atoms with Crippen LogP contribution in [0, 0.1) is 0 Å². The predicted octanol–water partition coefficient (Wildman–Crippen LogP) is -1.86. The number of primary amides is 2. The number of hydrogen-bond donors (Lipinski definition) is 5. The van der Waals surface area contributed by atoms with Gasteiger partial charge >= 0.3 is 0 Å². The van der Waals surface area contributed by atoms with Gasteiger partial charge in [-0.3, -0.25) is 38.5 Å². The number of imide groups is 1. The Hall–Kier alpha value is -3.16. The fourth-order valence-electron chi connectivity index (χ4n) is 3.01. The number of likely N-dealkylation sites (tertiary alicyclic amines) is 1. The maximum absolute atomic E-state index is 11.7. The minimum atomic E-state index is -0.703. The molecule has 1 heterocycles. The van der Waals surface area contributed by atoms with Gasteiger partial charge in [0.15, 0.2) is 0 Å². The molecular weight excluding hydrogens is 480 g/mol. The number of carbonyl (C=O) groups is 7. The topological polar surface area (TPSA) is 211 Å². The van der Waals surface area contributed by atoms with Crippen molar-refractivity contribution < 1.29 is 33.6 Å². The Kier molecular flexibility index (Phi) is 15.7. The Bertz CT molecular complexity index is 776. The van der Waals surface area contributed by atoms with E-state index in [0.717, 1.165) is 4.90 Å². The second kappa shape index (κ2) is 17.3. The summed E-state index contributed by atoms with van der Waals surface area (Å²) in [6.07, 6.45) is 3.99. The summed E-state index contributed by atoms with van der Waals surface area (Å²) in [4.78, 5) is 78.8. The first-order valence-electron chi connectivity index (χ1n) is 11.1. The molecule has 0 aliphatic carbocycles. The van der Waals surface area contributed by atoms with E-state index in [9.17, 15) is 33.6 Å². The summed E-state index contributed by atoms with van der Waals surface area (Å²) in [7, 11) is 0. The van der Waals surface area contributed by atoms with Crippen molar-refractivity contribution in [3.05, 3.63) is 0 Å². The average Bonchev–Trinajstić information content (AvgIpc) is 3.07. The van der Waals surface area contributed by atoms with Gasteiger partial charge in [-0.2, -0.15) is 11.8 Å². The number of nitrogens with zero attached hydrogens (tertiary/aromatic N) is 1. The Labute approximate surface area is 208 Å². The molecule has 2 atom stereocenters. The van der Waals surface area contributed by atoms with Crippen LogP contribution in [0.5, 0.6) is 0 Å². The molecule has 13 nitrogen and oxygen atoms in total. The number of hydrogen-bond acceptors (Lipinski definition) is 8. The monoisotopic (exact) mass is 516 g/mol. The minimum absolute atomic E-state index is 0.0767. The van der Waals surface area contributed by atoms with E-state index in [-0.39, 0.29) is 55.3 Å². The van der Waals surface area contributed by atoms with Gasteiger partial charge in [-0.25, -0.2) is 0 Å². The number of nitrogens with one attached hydrogen (secondary N) is 3. The third-order valence-corrected chi connectivity index (χ3v) is 5.40. The van der Waals surface area contributed by atoms with Crippen molar-refractivity contribution in [3.8, 4) is 0 Å². The fraction of sp³-hybridized carbons (Fsp3) is 0.667. The molecule has 1 saturated heterocycles. The third-order valence-electron chi connectivity index (χ3n) is 4.73. The van der Waals surface area contributed by atoms with Gasteiger partial charge < -0.3 is 27.4 Å². The molecule has 1 aliphatic heterocycles. The lowest BCUT2D eigenvalue weighted by Crippen LogP contribution is -2.45. The first kappa shape index (κ1) is 31.8. The van der Waals surface area contributed by atoms with Gasteiger partial charge in [0.25, 0.3) is 0 Å². The molecule has 0 aromatic rings. The van der Waals surface area contributed by atoms with Gasteiger partial charge in [-0.1, -0.05) is 0 Å². The summed E-state index contributed by atoms with van der Waals surface area (Å²) in [6, 6.07) is -1.24. The summed E-state index contributed by atoms with van der Waals surface area (Å²) < 4.78 is 0. The number of rotatable bonds is 14. The number of thioether (sulfide) groups is 1. The van der Waals surface area contributed by atoms with Crippen molar-refractivity contribution in [1.82, 2.24) is 20.9 Å². The van der Waals surface area contributed by atoms with Crippen LogP contribution in [0.15, 0.2) is 0 Å². The van der Waals surface area contributed by atoms with Crippen LogP contribution in [0.2, 0.25) is 0 Å². The first-order valence-corrected chi connectivity index (χ1v) is 12.5. The second-order valence-electron chi connectivity index (χ2n) is 7.80. The predicted molar refractivity (Wildman–Crippen MR) is 129 cm³/mol. The highest BCUT2D eigenvalue weighted by atomic mass is 32.2. The smallest absolute Gasteiger partial charge is 0.240 e. The molecular formula is C21H36N6O7S. The molecule has 0 aromatic carbocycles. The number of carbonyl (C=O) groups excluding carboxylic acids is 7. The summed E-state index contributed by atoms with van der Waals surface area (Å²) in [6.45, 7) is 3.18. The van der Waals surface area contributed by atoms with Crippen molar-refractivity contribution in [2.75, 3.05) is 25.1 Å². The van der Waals surface area contributed by atoms with Crippen LogP contribution in [-0.2, 0) is 33.6 Å². The van der Waals surface area contributed by atoms with Crippen LogP contribution in [0.25, 0.3) is 0 Å². The van der Waals surface area contributed by atoms with Crippen LogP contribution in [0.4, 0.5) is 0 Å². The maximum Gasteiger partial charge on any atom is 0.240 e. The van der Waals surface area contributed by atoms with Crippen molar-refractivity contribution >= 4 is 53.1 Å². The highest BCUT2D eigenvalue weighted by Crippen LogP contribution is 2.11. The number of amides is 7. The Morgan fingerprint density at radius 3 is 1.89 bits per heavy atom. The van der Waals surface area contributed by atoms with E-state index in [2.05, 4.69) is 16.0 Å². The highest BCUT2D eigenvalue weighted by molar-refractivity contribution is 7.98. The zero-order valence-corrected chi connectivity index (χ0v) is 21.2. The van der Waals surface area contributed by atoms with E-state index in [1.807, 2.05) is 6.26 Å². The van der Waals surface area contributed by atoms with Gasteiger partial charge in [0.05, 0.1) is 0 Å². The van der Waals surface area contributed by atoms with Crippen molar-refractivity contribution in [3.63, 3.8) is 0 Å².